The van der Waals surface area contributed by atoms with Crippen molar-refractivity contribution in [1.29, 1.82) is 0 Å². The van der Waals surface area contributed by atoms with E-state index >= 15 is 0 Å². The Morgan fingerprint density at radius 2 is 2.21 bits per heavy atom. The fraction of sp³-hybridized carbons (Fsp3) is 0.250. The molecule has 2 aromatic heterocycles. The average Bonchev–Trinajstić information content (AvgIpc) is 2.75. The van der Waals surface area contributed by atoms with Crippen LogP contribution in [0.1, 0.15) is 5.56 Å². The zero-order valence-corrected chi connectivity index (χ0v) is 11.0. The van der Waals surface area contributed by atoms with Crippen molar-refractivity contribution in [2.45, 2.75) is 6.92 Å². The molecule has 0 bridgehead atoms. The highest BCUT2D eigenvalue weighted by atomic mass is 16.5. The minimum Gasteiger partial charge on any atom is -0.480 e. The van der Waals surface area contributed by atoms with Crippen molar-refractivity contribution in [3.05, 3.63) is 30.1 Å². The molecular weight excluding hydrogens is 246 g/mol. The Morgan fingerprint density at radius 1 is 1.42 bits per heavy atom. The number of hydrogen-bond acceptors (Lipinski definition) is 4. The number of hydrogen-bond donors (Lipinski definition) is 2. The average molecular weight is 261 g/mol. The number of carbonyl (C=O) groups excluding carboxylic acids is 1. The lowest BCUT2D eigenvalue weighted by Gasteiger charge is -2.09. The smallest absolute Gasteiger partial charge is 0.325 e. The third-order valence-corrected chi connectivity index (χ3v) is 2.38. The number of carbonyl (C=O) groups is 1. The van der Waals surface area contributed by atoms with Crippen LogP contribution in [0, 0.1) is 6.92 Å². The van der Waals surface area contributed by atoms with Crippen molar-refractivity contribution in [2.75, 3.05) is 17.7 Å². The van der Waals surface area contributed by atoms with Crippen LogP contribution in [0.15, 0.2) is 24.5 Å². The van der Waals surface area contributed by atoms with Crippen LogP contribution < -0.4 is 15.4 Å². The van der Waals surface area contributed by atoms with Gasteiger partial charge in [-0.2, -0.15) is 5.10 Å². The van der Waals surface area contributed by atoms with Crippen molar-refractivity contribution in [3.8, 4) is 5.88 Å². The maximum atomic E-state index is 11.8. The fourth-order valence-electron chi connectivity index (χ4n) is 1.56. The maximum absolute atomic E-state index is 11.8. The predicted octanol–water partition coefficient (Wildman–Crippen LogP) is 1.78. The molecule has 7 heteroatoms. The van der Waals surface area contributed by atoms with Gasteiger partial charge in [0.25, 0.3) is 0 Å². The third-order valence-electron chi connectivity index (χ3n) is 2.38. The minimum atomic E-state index is -0.399. The summed E-state index contributed by atoms with van der Waals surface area (Å²) >= 11 is 0. The Balaban J connectivity index is 2.08. The summed E-state index contributed by atoms with van der Waals surface area (Å²) in [4.78, 5) is 15.9. The molecule has 2 N–H and O–H groups in total. The van der Waals surface area contributed by atoms with Crippen molar-refractivity contribution < 1.29 is 9.53 Å². The van der Waals surface area contributed by atoms with Crippen LogP contribution in [-0.2, 0) is 7.05 Å². The van der Waals surface area contributed by atoms with Crippen LogP contribution in [0.2, 0.25) is 0 Å². The normalized spacial score (nSPS) is 10.1. The molecule has 100 valence electrons. The third kappa shape index (κ3) is 3.21. The van der Waals surface area contributed by atoms with Gasteiger partial charge < -0.3 is 10.1 Å². The van der Waals surface area contributed by atoms with E-state index in [0.29, 0.717) is 17.4 Å². The number of urea groups is 1. The number of anilines is 2. The molecule has 7 nitrogen and oxygen atoms in total. The number of amides is 2. The van der Waals surface area contributed by atoms with Gasteiger partial charge in [-0.25, -0.2) is 9.78 Å². The molecule has 19 heavy (non-hydrogen) atoms. The number of pyridine rings is 1. The summed E-state index contributed by atoms with van der Waals surface area (Å²) in [6, 6.07) is 3.08. The van der Waals surface area contributed by atoms with Crippen molar-refractivity contribution in [2.24, 2.45) is 7.05 Å². The molecule has 0 saturated heterocycles. The first-order valence-electron chi connectivity index (χ1n) is 5.67. The Labute approximate surface area is 110 Å². The van der Waals surface area contributed by atoms with E-state index in [1.807, 2.05) is 6.92 Å². The van der Waals surface area contributed by atoms with Crippen molar-refractivity contribution in [1.82, 2.24) is 14.8 Å². The number of nitrogens with one attached hydrogen (secondary N) is 2. The molecule has 0 aromatic carbocycles. The monoisotopic (exact) mass is 261 g/mol. The Morgan fingerprint density at radius 3 is 2.84 bits per heavy atom. The lowest BCUT2D eigenvalue weighted by molar-refractivity contribution is 0.262. The summed E-state index contributed by atoms with van der Waals surface area (Å²) < 4.78 is 6.68. The van der Waals surface area contributed by atoms with Crippen LogP contribution in [0.3, 0.4) is 0 Å². The van der Waals surface area contributed by atoms with Gasteiger partial charge in [-0.3, -0.25) is 10.00 Å². The van der Waals surface area contributed by atoms with Crippen LogP contribution >= 0.6 is 0 Å². The zero-order valence-electron chi connectivity index (χ0n) is 11.0. The summed E-state index contributed by atoms with van der Waals surface area (Å²) in [7, 11) is 3.27. The van der Waals surface area contributed by atoms with Gasteiger partial charge in [0.15, 0.2) is 5.82 Å². The number of nitrogens with zero attached hydrogens (tertiary/aromatic N) is 3. The van der Waals surface area contributed by atoms with Gasteiger partial charge in [-0.05, 0) is 18.6 Å². The predicted molar refractivity (Wildman–Crippen MR) is 71.4 cm³/mol. The van der Waals surface area contributed by atoms with E-state index < -0.39 is 6.03 Å². The molecule has 0 unspecified atom stereocenters. The van der Waals surface area contributed by atoms with Crippen LogP contribution in [-0.4, -0.2) is 27.9 Å². The van der Waals surface area contributed by atoms with E-state index in [-0.39, 0.29) is 0 Å². The molecule has 0 fully saturated rings. The molecule has 0 aliphatic rings. The second-order valence-electron chi connectivity index (χ2n) is 4.02. The van der Waals surface area contributed by atoms with E-state index in [0.717, 1.165) is 5.56 Å². The van der Waals surface area contributed by atoms with Gasteiger partial charge in [0.05, 0.1) is 7.11 Å². The number of aromatic nitrogens is 3. The highest BCUT2D eigenvalue weighted by molar-refractivity contribution is 5.99. The lowest BCUT2D eigenvalue weighted by atomic mass is 10.3. The highest BCUT2D eigenvalue weighted by Gasteiger charge is 2.10. The molecule has 0 spiro atoms. The Bertz CT molecular complexity index is 594. The SMILES string of the molecule is COc1ncc(C)cc1NC(=O)Nc1ccn(C)n1. The second kappa shape index (κ2) is 5.38. The largest absolute Gasteiger partial charge is 0.480 e. The molecular formula is C12H15N5O2. The van der Waals surface area contributed by atoms with E-state index in [1.54, 1.807) is 36.3 Å². The summed E-state index contributed by atoms with van der Waals surface area (Å²) in [5, 5.41) is 9.34. The number of rotatable bonds is 3. The molecule has 2 heterocycles. The molecule has 0 saturated carbocycles. The van der Waals surface area contributed by atoms with Gasteiger partial charge in [-0.1, -0.05) is 0 Å². The Kier molecular flexibility index (Phi) is 3.65. The van der Waals surface area contributed by atoms with Crippen molar-refractivity contribution in [3.63, 3.8) is 0 Å². The lowest BCUT2D eigenvalue weighted by Crippen LogP contribution is -2.20. The van der Waals surface area contributed by atoms with Crippen LogP contribution in [0.4, 0.5) is 16.3 Å². The van der Waals surface area contributed by atoms with E-state index in [2.05, 4.69) is 20.7 Å². The van der Waals surface area contributed by atoms with E-state index in [4.69, 9.17) is 4.74 Å². The summed E-state index contributed by atoms with van der Waals surface area (Å²) in [6.45, 7) is 1.88. The number of aryl methyl sites for hydroxylation is 2. The molecule has 2 amide bonds. The topological polar surface area (TPSA) is 81.1 Å². The van der Waals surface area contributed by atoms with Crippen LogP contribution in [0.25, 0.3) is 0 Å². The van der Waals surface area contributed by atoms with Gasteiger partial charge >= 0.3 is 6.03 Å². The van der Waals surface area contributed by atoms with Crippen molar-refractivity contribution >= 4 is 17.5 Å². The second-order valence-corrected chi connectivity index (χ2v) is 4.02. The molecule has 2 rings (SSSR count). The van der Waals surface area contributed by atoms with Gasteiger partial charge in [0.1, 0.15) is 5.69 Å². The number of methoxy groups -OCH3 is 1. The van der Waals surface area contributed by atoms with Gasteiger partial charge in [0.2, 0.25) is 5.88 Å². The van der Waals surface area contributed by atoms with Crippen LogP contribution in [0.5, 0.6) is 5.88 Å². The quantitative estimate of drug-likeness (QED) is 0.882. The minimum absolute atomic E-state index is 0.363. The van der Waals surface area contributed by atoms with Gasteiger partial charge in [-0.15, -0.1) is 0 Å². The molecule has 0 atom stereocenters. The first kappa shape index (κ1) is 12.9. The molecule has 0 aliphatic carbocycles. The summed E-state index contributed by atoms with van der Waals surface area (Å²) in [6.07, 6.45) is 3.41. The summed E-state index contributed by atoms with van der Waals surface area (Å²) in [5.41, 5.74) is 1.44. The van der Waals surface area contributed by atoms with E-state index in [1.165, 1.54) is 7.11 Å². The molecule has 2 aromatic rings. The molecule has 0 aliphatic heterocycles. The fourth-order valence-corrected chi connectivity index (χ4v) is 1.56. The highest BCUT2D eigenvalue weighted by Crippen LogP contribution is 2.22. The first-order valence-corrected chi connectivity index (χ1v) is 5.67. The Hall–Kier alpha value is -2.57. The van der Waals surface area contributed by atoms with Gasteiger partial charge in [0, 0.05) is 25.5 Å². The molecule has 0 radical (unpaired) electrons. The van der Waals surface area contributed by atoms with E-state index in [9.17, 15) is 4.79 Å². The number of ether oxygens (including phenoxy) is 1. The summed E-state index contributed by atoms with van der Waals surface area (Å²) in [5.74, 6) is 0.835. The zero-order chi connectivity index (χ0) is 13.8. The maximum Gasteiger partial charge on any atom is 0.325 e. The first-order chi connectivity index (χ1) is 9.08. The standard InChI is InChI=1S/C12H15N5O2/c1-8-6-9(11(19-3)13-7-8)14-12(18)15-10-4-5-17(2)16-10/h4-7H,1-3H3,(H2,14,15,16,18).